The molecule has 0 bridgehead atoms. The van der Waals surface area contributed by atoms with Crippen LogP contribution in [0, 0.1) is 10.1 Å². The van der Waals surface area contributed by atoms with Crippen LogP contribution in [0.5, 0.6) is 0 Å². The van der Waals surface area contributed by atoms with E-state index in [2.05, 4.69) is 5.32 Å². The van der Waals surface area contributed by atoms with Crippen LogP contribution < -0.4 is 5.32 Å². The van der Waals surface area contributed by atoms with Crippen LogP contribution in [0.3, 0.4) is 0 Å². The first kappa shape index (κ1) is 17.8. The smallest absolute Gasteiger partial charge is 0.325 e. The zero-order chi connectivity index (χ0) is 17.9. The Bertz CT molecular complexity index is 794. The summed E-state index contributed by atoms with van der Waals surface area (Å²) in [6.07, 6.45) is -4.66. The van der Waals surface area contributed by atoms with Crippen LogP contribution >= 0.6 is 11.8 Å². The summed E-state index contributed by atoms with van der Waals surface area (Å²) in [5.74, 6) is -0.329. The summed E-state index contributed by atoms with van der Waals surface area (Å²) >= 11 is 0.907. The van der Waals surface area contributed by atoms with Crippen molar-refractivity contribution in [3.8, 4) is 0 Å². The standard InChI is InChI=1S/C15H11F3N2O3S/c1-9(21)19-11-4-2-3-5-13(11)24-14-7-6-10(15(16,17)18)8-12(14)20(22)23/h2-8H,1H3,(H,19,21). The number of carbonyl (C=O) groups excluding carboxylic acids is 1. The van der Waals surface area contributed by atoms with Gasteiger partial charge in [-0.25, -0.2) is 0 Å². The number of rotatable bonds is 4. The number of nitrogens with zero attached hydrogens (tertiary/aromatic N) is 1. The van der Waals surface area contributed by atoms with Gasteiger partial charge in [0.1, 0.15) is 0 Å². The van der Waals surface area contributed by atoms with Gasteiger partial charge in [-0.05, 0) is 24.3 Å². The van der Waals surface area contributed by atoms with Gasteiger partial charge in [0, 0.05) is 17.9 Å². The van der Waals surface area contributed by atoms with E-state index in [0.29, 0.717) is 16.6 Å². The molecule has 0 aromatic heterocycles. The zero-order valence-electron chi connectivity index (χ0n) is 12.3. The van der Waals surface area contributed by atoms with Gasteiger partial charge in [0.15, 0.2) is 0 Å². The highest BCUT2D eigenvalue weighted by molar-refractivity contribution is 7.99. The number of nitrogens with one attached hydrogen (secondary N) is 1. The lowest BCUT2D eigenvalue weighted by Crippen LogP contribution is -2.07. The Balaban J connectivity index is 2.44. The number of amides is 1. The molecule has 126 valence electrons. The molecular formula is C15H11F3N2O3S. The second kappa shape index (κ2) is 6.91. The summed E-state index contributed by atoms with van der Waals surface area (Å²) in [5, 5.41) is 13.7. The van der Waals surface area contributed by atoms with Crippen molar-refractivity contribution in [2.45, 2.75) is 22.9 Å². The van der Waals surface area contributed by atoms with E-state index in [1.807, 2.05) is 0 Å². The summed E-state index contributed by atoms with van der Waals surface area (Å²) in [4.78, 5) is 22.0. The van der Waals surface area contributed by atoms with Crippen molar-refractivity contribution in [1.82, 2.24) is 0 Å². The highest BCUT2D eigenvalue weighted by Crippen LogP contribution is 2.41. The maximum Gasteiger partial charge on any atom is 0.416 e. The molecule has 9 heteroatoms. The van der Waals surface area contributed by atoms with Crippen LogP contribution in [0.4, 0.5) is 24.5 Å². The minimum Gasteiger partial charge on any atom is -0.325 e. The molecular weight excluding hydrogens is 345 g/mol. The van der Waals surface area contributed by atoms with E-state index in [4.69, 9.17) is 0 Å². The molecule has 2 rings (SSSR count). The zero-order valence-corrected chi connectivity index (χ0v) is 13.1. The molecule has 24 heavy (non-hydrogen) atoms. The van der Waals surface area contributed by atoms with Crippen LogP contribution in [0.1, 0.15) is 12.5 Å². The van der Waals surface area contributed by atoms with E-state index in [1.165, 1.54) is 6.92 Å². The van der Waals surface area contributed by atoms with Gasteiger partial charge in [-0.1, -0.05) is 23.9 Å². The summed E-state index contributed by atoms with van der Waals surface area (Å²) in [6.45, 7) is 1.31. The monoisotopic (exact) mass is 356 g/mol. The molecule has 0 spiro atoms. The summed E-state index contributed by atoms with van der Waals surface area (Å²) in [5.41, 5.74) is -1.31. The van der Waals surface area contributed by atoms with Crippen molar-refractivity contribution in [3.05, 3.63) is 58.1 Å². The van der Waals surface area contributed by atoms with Crippen molar-refractivity contribution < 1.29 is 22.9 Å². The molecule has 0 heterocycles. The van der Waals surface area contributed by atoms with Gasteiger partial charge in [-0.15, -0.1) is 0 Å². The van der Waals surface area contributed by atoms with Gasteiger partial charge in [0.25, 0.3) is 5.69 Å². The van der Waals surface area contributed by atoms with Gasteiger partial charge in [-0.2, -0.15) is 13.2 Å². The highest BCUT2D eigenvalue weighted by Gasteiger charge is 2.33. The van der Waals surface area contributed by atoms with Crippen molar-refractivity contribution >= 4 is 29.0 Å². The Morgan fingerprint density at radius 3 is 2.42 bits per heavy atom. The Hall–Kier alpha value is -2.55. The van der Waals surface area contributed by atoms with Crippen molar-refractivity contribution in [3.63, 3.8) is 0 Å². The van der Waals surface area contributed by atoms with Crippen molar-refractivity contribution in [2.24, 2.45) is 0 Å². The average Bonchev–Trinajstić information content (AvgIpc) is 2.47. The number of hydrogen-bond acceptors (Lipinski definition) is 4. The number of alkyl halides is 3. The predicted molar refractivity (Wildman–Crippen MR) is 83.0 cm³/mol. The lowest BCUT2D eigenvalue weighted by atomic mass is 10.2. The normalized spacial score (nSPS) is 11.2. The van der Waals surface area contributed by atoms with E-state index < -0.39 is 22.4 Å². The third-order valence-corrected chi connectivity index (χ3v) is 4.04. The van der Waals surface area contributed by atoms with E-state index >= 15 is 0 Å². The van der Waals surface area contributed by atoms with E-state index in [-0.39, 0.29) is 10.8 Å². The molecule has 0 aliphatic carbocycles. The van der Waals surface area contributed by atoms with Gasteiger partial charge < -0.3 is 5.32 Å². The molecule has 0 fully saturated rings. The number of halogens is 3. The second-order valence-electron chi connectivity index (χ2n) is 4.72. The fourth-order valence-corrected chi connectivity index (χ4v) is 2.88. The molecule has 1 N–H and O–H groups in total. The van der Waals surface area contributed by atoms with Crippen molar-refractivity contribution in [2.75, 3.05) is 5.32 Å². The quantitative estimate of drug-likeness (QED) is 0.635. The molecule has 0 saturated carbocycles. The van der Waals surface area contributed by atoms with Gasteiger partial charge in [-0.3, -0.25) is 14.9 Å². The molecule has 2 aromatic carbocycles. The van der Waals surface area contributed by atoms with Crippen LogP contribution in [-0.4, -0.2) is 10.8 Å². The SMILES string of the molecule is CC(=O)Nc1ccccc1Sc1ccc(C(F)(F)F)cc1[N+](=O)[O-]. The first-order valence-corrected chi connectivity index (χ1v) is 7.40. The first-order valence-electron chi connectivity index (χ1n) is 6.58. The van der Waals surface area contributed by atoms with Gasteiger partial charge in [0.05, 0.1) is 21.1 Å². The van der Waals surface area contributed by atoms with E-state index in [9.17, 15) is 28.1 Å². The molecule has 0 saturated heterocycles. The fourth-order valence-electron chi connectivity index (χ4n) is 1.89. The van der Waals surface area contributed by atoms with Crippen molar-refractivity contribution in [1.29, 1.82) is 0 Å². The molecule has 1 amide bonds. The fraction of sp³-hybridized carbons (Fsp3) is 0.133. The lowest BCUT2D eigenvalue weighted by Gasteiger charge is -2.11. The number of nitro benzene ring substituents is 1. The first-order chi connectivity index (χ1) is 11.2. The summed E-state index contributed by atoms with van der Waals surface area (Å²) < 4.78 is 38.2. The highest BCUT2D eigenvalue weighted by atomic mass is 32.2. The topological polar surface area (TPSA) is 72.2 Å². The Kier molecular flexibility index (Phi) is 5.13. The molecule has 0 atom stereocenters. The molecule has 5 nitrogen and oxygen atoms in total. The minimum atomic E-state index is -4.66. The average molecular weight is 356 g/mol. The summed E-state index contributed by atoms with van der Waals surface area (Å²) in [6, 6.07) is 8.87. The number of para-hydroxylation sites is 1. The second-order valence-corrected chi connectivity index (χ2v) is 5.80. The molecule has 0 aliphatic heterocycles. The van der Waals surface area contributed by atoms with Gasteiger partial charge >= 0.3 is 6.18 Å². The number of hydrogen-bond donors (Lipinski definition) is 1. The predicted octanol–water partition coefficient (Wildman–Crippen LogP) is 4.72. The van der Waals surface area contributed by atoms with E-state index in [1.54, 1.807) is 24.3 Å². The third-order valence-electron chi connectivity index (χ3n) is 2.90. The van der Waals surface area contributed by atoms with Crippen LogP contribution in [0.2, 0.25) is 0 Å². The minimum absolute atomic E-state index is 0.0470. The van der Waals surface area contributed by atoms with Gasteiger partial charge in [0.2, 0.25) is 5.91 Å². The third kappa shape index (κ3) is 4.25. The summed E-state index contributed by atoms with van der Waals surface area (Å²) in [7, 11) is 0. The van der Waals surface area contributed by atoms with E-state index in [0.717, 1.165) is 23.9 Å². The molecule has 0 unspecified atom stereocenters. The molecule has 0 aliphatic rings. The maximum absolute atomic E-state index is 12.7. The maximum atomic E-state index is 12.7. The molecule has 0 radical (unpaired) electrons. The Morgan fingerprint density at radius 2 is 1.83 bits per heavy atom. The Morgan fingerprint density at radius 1 is 1.17 bits per heavy atom. The number of benzene rings is 2. The molecule has 2 aromatic rings. The number of nitro groups is 1. The van der Waals surface area contributed by atoms with Crippen LogP contribution in [-0.2, 0) is 11.0 Å². The largest absolute Gasteiger partial charge is 0.416 e. The lowest BCUT2D eigenvalue weighted by molar-refractivity contribution is -0.388. The Labute approximate surface area is 139 Å². The van der Waals surface area contributed by atoms with Crippen LogP contribution in [0.25, 0.3) is 0 Å². The van der Waals surface area contributed by atoms with Crippen LogP contribution in [0.15, 0.2) is 52.3 Å². The number of anilines is 1. The number of carbonyl (C=O) groups is 1.